The van der Waals surface area contributed by atoms with Gasteiger partial charge in [-0.3, -0.25) is 4.79 Å². The molecule has 1 aliphatic heterocycles. The summed E-state index contributed by atoms with van der Waals surface area (Å²) in [4.78, 5) is 18.5. The van der Waals surface area contributed by atoms with E-state index in [2.05, 4.69) is 20.5 Å². The van der Waals surface area contributed by atoms with Crippen LogP contribution in [0, 0.1) is 0 Å². The van der Waals surface area contributed by atoms with Crippen molar-refractivity contribution in [1.82, 2.24) is 20.1 Å². The molecule has 7 heteroatoms. The maximum absolute atomic E-state index is 12.5. The third kappa shape index (κ3) is 4.05. The fourth-order valence-electron chi connectivity index (χ4n) is 2.75. The van der Waals surface area contributed by atoms with Crippen LogP contribution in [0.2, 0.25) is 0 Å². The second-order valence-corrected chi connectivity index (χ2v) is 5.69. The lowest BCUT2D eigenvalue weighted by Gasteiger charge is -2.32. The van der Waals surface area contributed by atoms with E-state index in [-0.39, 0.29) is 12.0 Å². The number of nitrogens with zero attached hydrogens (tertiary/aromatic N) is 4. The number of rotatable bonds is 5. The summed E-state index contributed by atoms with van der Waals surface area (Å²) in [6, 6.07) is 7.45. The van der Waals surface area contributed by atoms with E-state index in [4.69, 9.17) is 4.74 Å². The first-order valence-corrected chi connectivity index (χ1v) is 8.07. The molecule has 0 radical (unpaired) electrons. The summed E-state index contributed by atoms with van der Waals surface area (Å²) in [5, 5.41) is 10.7. The van der Waals surface area contributed by atoms with E-state index in [1.165, 1.54) is 5.56 Å². The van der Waals surface area contributed by atoms with Gasteiger partial charge in [-0.2, -0.15) is 5.10 Å². The van der Waals surface area contributed by atoms with Gasteiger partial charge in [-0.15, -0.1) is 5.10 Å². The Labute approximate surface area is 141 Å². The topological polar surface area (TPSA) is 80.2 Å². The number of hydrogen-bond donors (Lipinski definition) is 1. The fourth-order valence-corrected chi connectivity index (χ4v) is 2.75. The van der Waals surface area contributed by atoms with Crippen molar-refractivity contribution < 1.29 is 9.53 Å². The highest BCUT2D eigenvalue weighted by Crippen LogP contribution is 2.15. The smallest absolute Gasteiger partial charge is 0.274 e. The highest BCUT2D eigenvalue weighted by Gasteiger charge is 2.25. The van der Waals surface area contributed by atoms with E-state index in [9.17, 15) is 4.79 Å². The minimum Gasteiger partial charge on any atom is -0.375 e. The minimum absolute atomic E-state index is 0.0329. The lowest BCUT2D eigenvalue weighted by Crippen LogP contribution is -2.46. The molecule has 1 atom stereocenters. The summed E-state index contributed by atoms with van der Waals surface area (Å²) < 4.78 is 5.81. The Morgan fingerprint density at radius 2 is 2.33 bits per heavy atom. The number of nitrogens with one attached hydrogen (secondary N) is 1. The SMILES string of the molecule is CNc1cc(CC[C@H]2CN(C(=O)c3cccnn3)CCO2)ccn1. The van der Waals surface area contributed by atoms with Crippen molar-refractivity contribution in [3.05, 3.63) is 47.9 Å². The van der Waals surface area contributed by atoms with Crippen LogP contribution >= 0.6 is 0 Å². The zero-order chi connectivity index (χ0) is 16.8. The van der Waals surface area contributed by atoms with Gasteiger partial charge in [0.1, 0.15) is 5.82 Å². The lowest BCUT2D eigenvalue weighted by molar-refractivity contribution is -0.0248. The maximum atomic E-state index is 12.5. The molecule has 24 heavy (non-hydrogen) atoms. The number of carbonyl (C=O) groups is 1. The lowest BCUT2D eigenvalue weighted by atomic mass is 10.1. The van der Waals surface area contributed by atoms with Crippen LogP contribution in [-0.4, -0.2) is 58.8 Å². The Morgan fingerprint density at radius 3 is 3.12 bits per heavy atom. The second-order valence-electron chi connectivity index (χ2n) is 5.69. The fraction of sp³-hybridized carbons (Fsp3) is 0.412. The third-order valence-electron chi connectivity index (χ3n) is 4.05. The van der Waals surface area contributed by atoms with Gasteiger partial charge in [0.25, 0.3) is 5.91 Å². The molecule has 2 aromatic rings. The molecule has 0 spiro atoms. The summed E-state index contributed by atoms with van der Waals surface area (Å²) in [6.45, 7) is 1.72. The number of pyridine rings is 1. The standard InChI is InChI=1S/C17H21N5O2/c1-18-16-11-13(6-8-19-16)4-5-14-12-22(9-10-24-14)17(23)15-3-2-7-20-21-15/h2-3,6-8,11,14H,4-5,9-10,12H2,1H3,(H,18,19)/t14-/m0/s1. The number of anilines is 1. The largest absolute Gasteiger partial charge is 0.375 e. The third-order valence-corrected chi connectivity index (χ3v) is 4.05. The number of aryl methyl sites for hydroxylation is 1. The molecule has 3 heterocycles. The van der Waals surface area contributed by atoms with E-state index < -0.39 is 0 Å². The van der Waals surface area contributed by atoms with Gasteiger partial charge in [0.2, 0.25) is 0 Å². The Balaban J connectivity index is 1.56. The van der Waals surface area contributed by atoms with Gasteiger partial charge in [-0.1, -0.05) is 0 Å². The predicted octanol–water partition coefficient (Wildman–Crippen LogP) is 1.39. The summed E-state index contributed by atoms with van der Waals surface area (Å²) >= 11 is 0. The Morgan fingerprint density at radius 1 is 1.42 bits per heavy atom. The summed E-state index contributed by atoms with van der Waals surface area (Å²) in [6.07, 6.45) is 5.14. The molecule has 1 fully saturated rings. The van der Waals surface area contributed by atoms with Gasteiger partial charge >= 0.3 is 0 Å². The Kier molecular flexibility index (Phi) is 5.32. The Hall–Kier alpha value is -2.54. The van der Waals surface area contributed by atoms with Gasteiger partial charge in [0.15, 0.2) is 5.69 Å². The van der Waals surface area contributed by atoms with Crippen molar-refractivity contribution >= 4 is 11.7 Å². The zero-order valence-electron chi connectivity index (χ0n) is 13.7. The van der Waals surface area contributed by atoms with Gasteiger partial charge in [0.05, 0.1) is 12.7 Å². The quantitative estimate of drug-likeness (QED) is 0.894. The highest BCUT2D eigenvalue weighted by atomic mass is 16.5. The van der Waals surface area contributed by atoms with Crippen molar-refractivity contribution in [2.24, 2.45) is 0 Å². The number of carbonyl (C=O) groups excluding carboxylic acids is 1. The molecule has 1 aliphatic rings. The second kappa shape index (κ2) is 7.83. The summed E-state index contributed by atoms with van der Waals surface area (Å²) in [5.74, 6) is 0.772. The molecule has 0 aromatic carbocycles. The van der Waals surface area contributed by atoms with Crippen LogP contribution in [0.3, 0.4) is 0 Å². The first-order valence-electron chi connectivity index (χ1n) is 8.07. The number of amides is 1. The molecule has 2 aromatic heterocycles. The molecular formula is C17H21N5O2. The molecule has 3 rings (SSSR count). The first kappa shape index (κ1) is 16.3. The molecule has 0 unspecified atom stereocenters. The molecule has 0 aliphatic carbocycles. The molecule has 0 saturated carbocycles. The van der Waals surface area contributed by atoms with Gasteiger partial charge in [-0.05, 0) is 42.7 Å². The molecule has 1 saturated heterocycles. The van der Waals surface area contributed by atoms with Crippen molar-refractivity contribution in [3.63, 3.8) is 0 Å². The van der Waals surface area contributed by atoms with E-state index in [1.807, 2.05) is 19.2 Å². The van der Waals surface area contributed by atoms with Crippen LogP contribution in [0.15, 0.2) is 36.7 Å². The molecular weight excluding hydrogens is 306 g/mol. The maximum Gasteiger partial charge on any atom is 0.274 e. The van der Waals surface area contributed by atoms with E-state index in [0.29, 0.717) is 25.4 Å². The molecule has 0 bridgehead atoms. The molecule has 1 amide bonds. The molecule has 7 nitrogen and oxygen atoms in total. The zero-order valence-corrected chi connectivity index (χ0v) is 13.7. The van der Waals surface area contributed by atoms with Crippen molar-refractivity contribution in [2.45, 2.75) is 18.9 Å². The van der Waals surface area contributed by atoms with Crippen LogP contribution in [0.1, 0.15) is 22.5 Å². The minimum atomic E-state index is -0.0854. The Bertz CT molecular complexity index is 680. The summed E-state index contributed by atoms with van der Waals surface area (Å²) in [7, 11) is 1.85. The van der Waals surface area contributed by atoms with Crippen LogP contribution < -0.4 is 5.32 Å². The van der Waals surface area contributed by atoms with Crippen LogP contribution in [-0.2, 0) is 11.2 Å². The summed E-state index contributed by atoms with van der Waals surface area (Å²) in [5.41, 5.74) is 1.58. The number of ether oxygens (including phenoxy) is 1. The molecule has 126 valence electrons. The van der Waals surface area contributed by atoms with E-state index in [0.717, 1.165) is 18.7 Å². The average Bonchev–Trinajstić information content (AvgIpc) is 2.67. The predicted molar refractivity (Wildman–Crippen MR) is 89.8 cm³/mol. The number of morpholine rings is 1. The van der Waals surface area contributed by atoms with Crippen LogP contribution in [0.5, 0.6) is 0 Å². The first-order chi connectivity index (χ1) is 11.8. The monoisotopic (exact) mass is 327 g/mol. The van der Waals surface area contributed by atoms with E-state index in [1.54, 1.807) is 29.4 Å². The number of hydrogen-bond acceptors (Lipinski definition) is 6. The van der Waals surface area contributed by atoms with Gasteiger partial charge < -0.3 is 15.0 Å². The van der Waals surface area contributed by atoms with E-state index >= 15 is 0 Å². The van der Waals surface area contributed by atoms with Crippen molar-refractivity contribution in [3.8, 4) is 0 Å². The molecule has 1 N–H and O–H groups in total. The average molecular weight is 327 g/mol. The van der Waals surface area contributed by atoms with Gasteiger partial charge in [0, 0.05) is 32.5 Å². The van der Waals surface area contributed by atoms with Crippen molar-refractivity contribution in [2.75, 3.05) is 32.1 Å². The van der Waals surface area contributed by atoms with Crippen molar-refractivity contribution in [1.29, 1.82) is 0 Å². The van der Waals surface area contributed by atoms with Crippen LogP contribution in [0.25, 0.3) is 0 Å². The van der Waals surface area contributed by atoms with Crippen LogP contribution in [0.4, 0.5) is 5.82 Å². The number of aromatic nitrogens is 3. The van der Waals surface area contributed by atoms with Gasteiger partial charge in [-0.25, -0.2) is 4.98 Å². The normalized spacial score (nSPS) is 17.5. The highest BCUT2D eigenvalue weighted by molar-refractivity contribution is 5.92.